The maximum atomic E-state index is 13.6. The van der Waals surface area contributed by atoms with Crippen LogP contribution in [0, 0.1) is 5.82 Å². The van der Waals surface area contributed by atoms with Gasteiger partial charge in [-0.1, -0.05) is 12.8 Å². The molecule has 1 aliphatic rings. The van der Waals surface area contributed by atoms with Gasteiger partial charge in [0.1, 0.15) is 0 Å². The lowest BCUT2D eigenvalue weighted by atomic mass is 10.2. The van der Waals surface area contributed by atoms with Gasteiger partial charge in [0.25, 0.3) is 0 Å². The second-order valence-electron chi connectivity index (χ2n) is 4.16. The molecule has 88 valence electrons. The number of aliphatic hydroxyl groups is 1. The molecular weight excluding hydrogens is 207 g/mol. The van der Waals surface area contributed by atoms with Gasteiger partial charge >= 0.3 is 0 Å². The molecule has 4 heteroatoms. The fourth-order valence-corrected chi connectivity index (χ4v) is 2.37. The van der Waals surface area contributed by atoms with Crippen LogP contribution in [0.25, 0.3) is 0 Å². The van der Waals surface area contributed by atoms with Crippen molar-refractivity contribution in [2.45, 2.75) is 31.7 Å². The molecule has 0 aromatic carbocycles. The topological polar surface area (TPSA) is 36.4 Å². The Morgan fingerprint density at radius 1 is 1.44 bits per heavy atom. The number of pyridine rings is 1. The normalized spacial score (nSPS) is 16.6. The SMILES string of the molecule is OCCN(c1ncccc1F)C1CCCC1. The first-order valence-corrected chi connectivity index (χ1v) is 5.81. The highest BCUT2D eigenvalue weighted by Crippen LogP contribution is 2.28. The molecule has 1 aromatic heterocycles. The Kier molecular flexibility index (Phi) is 3.72. The number of hydrogen-bond acceptors (Lipinski definition) is 3. The molecule has 0 spiro atoms. The van der Waals surface area contributed by atoms with E-state index in [9.17, 15) is 4.39 Å². The van der Waals surface area contributed by atoms with E-state index in [0.717, 1.165) is 12.8 Å². The number of hydrogen-bond donors (Lipinski definition) is 1. The van der Waals surface area contributed by atoms with Crippen LogP contribution in [-0.2, 0) is 0 Å². The number of halogens is 1. The van der Waals surface area contributed by atoms with Gasteiger partial charge in [0.15, 0.2) is 11.6 Å². The fraction of sp³-hybridized carbons (Fsp3) is 0.583. The van der Waals surface area contributed by atoms with Crippen molar-refractivity contribution in [3.63, 3.8) is 0 Å². The molecular formula is C12H17FN2O. The van der Waals surface area contributed by atoms with E-state index in [4.69, 9.17) is 5.11 Å². The molecule has 1 saturated carbocycles. The highest BCUT2D eigenvalue weighted by molar-refractivity contribution is 5.41. The third kappa shape index (κ3) is 2.32. The number of rotatable bonds is 4. The number of aliphatic hydroxyl groups excluding tert-OH is 1. The van der Waals surface area contributed by atoms with Crippen LogP contribution in [0.4, 0.5) is 10.2 Å². The Hall–Kier alpha value is -1.16. The van der Waals surface area contributed by atoms with Crippen LogP contribution in [0.2, 0.25) is 0 Å². The van der Waals surface area contributed by atoms with E-state index in [1.165, 1.54) is 18.9 Å². The molecule has 0 aliphatic heterocycles. The van der Waals surface area contributed by atoms with Crippen LogP contribution in [-0.4, -0.2) is 29.3 Å². The summed E-state index contributed by atoms with van der Waals surface area (Å²) < 4.78 is 13.6. The molecule has 0 saturated heterocycles. The highest BCUT2D eigenvalue weighted by Gasteiger charge is 2.24. The predicted molar refractivity (Wildman–Crippen MR) is 60.9 cm³/mol. The highest BCUT2D eigenvalue weighted by atomic mass is 19.1. The van der Waals surface area contributed by atoms with Crippen LogP contribution in [0.15, 0.2) is 18.3 Å². The molecule has 1 aromatic rings. The van der Waals surface area contributed by atoms with Crippen LogP contribution < -0.4 is 4.90 Å². The predicted octanol–water partition coefficient (Wildman–Crippen LogP) is 1.96. The summed E-state index contributed by atoms with van der Waals surface area (Å²) in [5, 5.41) is 9.06. The minimum atomic E-state index is -0.303. The Morgan fingerprint density at radius 2 is 2.19 bits per heavy atom. The average molecular weight is 224 g/mol. The van der Waals surface area contributed by atoms with Crippen molar-refractivity contribution in [1.29, 1.82) is 0 Å². The van der Waals surface area contributed by atoms with Gasteiger partial charge in [-0.05, 0) is 25.0 Å². The van der Waals surface area contributed by atoms with E-state index in [1.54, 1.807) is 12.3 Å². The monoisotopic (exact) mass is 224 g/mol. The van der Waals surface area contributed by atoms with Crippen molar-refractivity contribution < 1.29 is 9.50 Å². The Labute approximate surface area is 94.9 Å². The summed E-state index contributed by atoms with van der Waals surface area (Å²) in [6, 6.07) is 3.34. The van der Waals surface area contributed by atoms with E-state index in [1.807, 2.05) is 4.90 Å². The molecule has 1 aliphatic carbocycles. The Balaban J connectivity index is 2.21. The maximum Gasteiger partial charge on any atom is 0.165 e. The molecule has 1 N–H and O–H groups in total. The lowest BCUT2D eigenvalue weighted by molar-refractivity contribution is 0.296. The molecule has 0 radical (unpaired) electrons. The number of nitrogens with zero attached hydrogens (tertiary/aromatic N) is 2. The second-order valence-corrected chi connectivity index (χ2v) is 4.16. The van der Waals surface area contributed by atoms with Crippen molar-refractivity contribution in [1.82, 2.24) is 4.98 Å². The van der Waals surface area contributed by atoms with Crippen molar-refractivity contribution in [3.8, 4) is 0 Å². The van der Waals surface area contributed by atoms with Gasteiger partial charge in [0.2, 0.25) is 0 Å². The summed E-state index contributed by atoms with van der Waals surface area (Å²) in [5.41, 5.74) is 0. The average Bonchev–Trinajstić information content (AvgIpc) is 2.80. The molecule has 1 heterocycles. The molecule has 1 fully saturated rings. The lowest BCUT2D eigenvalue weighted by Gasteiger charge is -2.29. The molecule has 16 heavy (non-hydrogen) atoms. The quantitative estimate of drug-likeness (QED) is 0.849. The van der Waals surface area contributed by atoms with Crippen LogP contribution >= 0.6 is 0 Å². The summed E-state index contributed by atoms with van der Waals surface area (Å²) in [6.45, 7) is 0.491. The van der Waals surface area contributed by atoms with Crippen molar-refractivity contribution in [2.24, 2.45) is 0 Å². The fourth-order valence-electron chi connectivity index (χ4n) is 2.37. The van der Waals surface area contributed by atoms with Gasteiger partial charge in [-0.15, -0.1) is 0 Å². The maximum absolute atomic E-state index is 13.6. The number of aromatic nitrogens is 1. The first kappa shape index (κ1) is 11.3. The third-order valence-electron chi connectivity index (χ3n) is 3.12. The van der Waals surface area contributed by atoms with Gasteiger partial charge in [0.05, 0.1) is 6.61 Å². The summed E-state index contributed by atoms with van der Waals surface area (Å²) >= 11 is 0. The standard InChI is InChI=1S/C12H17FN2O/c13-11-6-3-7-14-12(11)15(8-9-16)10-4-1-2-5-10/h3,6-7,10,16H,1-2,4-5,8-9H2. The molecule has 3 nitrogen and oxygen atoms in total. The number of anilines is 1. The zero-order chi connectivity index (χ0) is 11.4. The smallest absolute Gasteiger partial charge is 0.165 e. The Morgan fingerprint density at radius 3 is 2.81 bits per heavy atom. The Bertz CT molecular complexity index is 340. The zero-order valence-corrected chi connectivity index (χ0v) is 9.27. The zero-order valence-electron chi connectivity index (χ0n) is 9.27. The van der Waals surface area contributed by atoms with Gasteiger partial charge < -0.3 is 10.0 Å². The van der Waals surface area contributed by atoms with Crippen molar-refractivity contribution in [2.75, 3.05) is 18.1 Å². The van der Waals surface area contributed by atoms with Gasteiger partial charge in [0, 0.05) is 18.8 Å². The third-order valence-corrected chi connectivity index (χ3v) is 3.12. The van der Waals surface area contributed by atoms with E-state index in [2.05, 4.69) is 4.98 Å². The van der Waals surface area contributed by atoms with E-state index in [0.29, 0.717) is 18.4 Å². The molecule has 0 amide bonds. The summed E-state index contributed by atoms with van der Waals surface area (Å²) in [7, 11) is 0. The molecule has 0 bridgehead atoms. The summed E-state index contributed by atoms with van der Waals surface area (Å²) in [5.74, 6) is 0.0753. The van der Waals surface area contributed by atoms with E-state index in [-0.39, 0.29) is 12.4 Å². The lowest BCUT2D eigenvalue weighted by Crippen LogP contribution is -2.36. The minimum Gasteiger partial charge on any atom is -0.395 e. The van der Waals surface area contributed by atoms with E-state index >= 15 is 0 Å². The molecule has 0 atom stereocenters. The first-order valence-electron chi connectivity index (χ1n) is 5.81. The van der Waals surface area contributed by atoms with Gasteiger partial charge in [-0.3, -0.25) is 0 Å². The second kappa shape index (κ2) is 5.25. The summed E-state index contributed by atoms with van der Waals surface area (Å²) in [4.78, 5) is 5.99. The van der Waals surface area contributed by atoms with E-state index < -0.39 is 0 Å². The first-order chi connectivity index (χ1) is 7.83. The van der Waals surface area contributed by atoms with Crippen molar-refractivity contribution in [3.05, 3.63) is 24.1 Å². The van der Waals surface area contributed by atoms with Gasteiger partial charge in [-0.2, -0.15) is 0 Å². The minimum absolute atomic E-state index is 0.0342. The van der Waals surface area contributed by atoms with Crippen LogP contribution in [0.1, 0.15) is 25.7 Å². The van der Waals surface area contributed by atoms with Crippen molar-refractivity contribution >= 4 is 5.82 Å². The molecule has 2 rings (SSSR count). The molecule has 0 unspecified atom stereocenters. The largest absolute Gasteiger partial charge is 0.395 e. The summed E-state index contributed by atoms with van der Waals surface area (Å²) in [6.07, 6.45) is 6.09. The van der Waals surface area contributed by atoms with Crippen LogP contribution in [0.5, 0.6) is 0 Å². The van der Waals surface area contributed by atoms with Crippen LogP contribution in [0.3, 0.4) is 0 Å². The van der Waals surface area contributed by atoms with Gasteiger partial charge in [-0.25, -0.2) is 9.37 Å².